The van der Waals surface area contributed by atoms with Gasteiger partial charge in [-0.1, -0.05) is 37.6 Å². The van der Waals surface area contributed by atoms with Crippen molar-refractivity contribution in [3.63, 3.8) is 0 Å². The Morgan fingerprint density at radius 1 is 1.24 bits per heavy atom. The molecule has 0 spiro atoms. The molecule has 0 fully saturated rings. The molecule has 0 atom stereocenters. The Hall–Kier alpha value is -1.92. The fourth-order valence-corrected chi connectivity index (χ4v) is 2.78. The molecule has 0 saturated heterocycles. The maximum absolute atomic E-state index is 12.1. The van der Waals surface area contributed by atoms with Crippen molar-refractivity contribution in [2.75, 3.05) is 32.7 Å². The van der Waals surface area contributed by atoms with E-state index in [9.17, 15) is 9.59 Å². The van der Waals surface area contributed by atoms with Crippen LogP contribution in [0.1, 0.15) is 32.3 Å². The second-order valence-electron chi connectivity index (χ2n) is 5.88. The van der Waals surface area contributed by atoms with Crippen LogP contribution in [-0.4, -0.2) is 60.2 Å². The van der Waals surface area contributed by atoms with Crippen LogP contribution in [0.3, 0.4) is 0 Å². The number of nitrogens with one attached hydrogen (secondary N) is 1. The summed E-state index contributed by atoms with van der Waals surface area (Å²) in [5.74, 6) is -0.321. The van der Waals surface area contributed by atoms with Crippen molar-refractivity contribution in [3.8, 4) is 0 Å². The molecule has 136 valence electrons. The second kappa shape index (κ2) is 9.53. The summed E-state index contributed by atoms with van der Waals surface area (Å²) in [5.41, 5.74) is 1.72. The minimum absolute atomic E-state index is 0.0474. The summed E-state index contributed by atoms with van der Waals surface area (Å²) in [7, 11) is 0. The minimum atomic E-state index is -0.193. The molecule has 0 saturated carbocycles. The van der Waals surface area contributed by atoms with Crippen LogP contribution in [0.15, 0.2) is 29.4 Å². The van der Waals surface area contributed by atoms with Gasteiger partial charge in [-0.3, -0.25) is 9.59 Å². The highest BCUT2D eigenvalue weighted by atomic mass is 35.5. The molecular formula is C18H25ClN4O2. The SMILES string of the molecule is CCN(CC)CCNC(=O)CN1N=C(c2ccc(Cl)cc2)CCC1=O. The summed E-state index contributed by atoms with van der Waals surface area (Å²) < 4.78 is 0. The topological polar surface area (TPSA) is 65.0 Å². The van der Waals surface area contributed by atoms with E-state index in [0.717, 1.165) is 30.9 Å². The van der Waals surface area contributed by atoms with Gasteiger partial charge in [0, 0.05) is 31.0 Å². The van der Waals surface area contributed by atoms with Crippen molar-refractivity contribution in [1.82, 2.24) is 15.2 Å². The van der Waals surface area contributed by atoms with E-state index in [4.69, 9.17) is 11.6 Å². The Kier molecular flexibility index (Phi) is 7.40. The van der Waals surface area contributed by atoms with Gasteiger partial charge in [0.25, 0.3) is 0 Å². The van der Waals surface area contributed by atoms with Crippen molar-refractivity contribution in [2.45, 2.75) is 26.7 Å². The van der Waals surface area contributed by atoms with Gasteiger partial charge in [-0.25, -0.2) is 5.01 Å². The first-order valence-corrected chi connectivity index (χ1v) is 9.04. The van der Waals surface area contributed by atoms with E-state index in [2.05, 4.69) is 29.2 Å². The molecule has 2 rings (SSSR count). The summed E-state index contributed by atoms with van der Waals surface area (Å²) in [6.07, 6.45) is 0.925. The Bertz CT molecular complexity index is 626. The molecule has 7 heteroatoms. The molecule has 0 unspecified atom stereocenters. The van der Waals surface area contributed by atoms with E-state index in [1.165, 1.54) is 5.01 Å². The number of likely N-dealkylation sites (N-methyl/N-ethyl adjacent to an activating group) is 1. The number of carbonyl (C=O) groups excluding carboxylic acids is 2. The molecule has 1 aromatic carbocycles. The van der Waals surface area contributed by atoms with Crippen molar-refractivity contribution in [1.29, 1.82) is 0 Å². The summed E-state index contributed by atoms with van der Waals surface area (Å²) in [4.78, 5) is 26.4. The fraction of sp³-hybridized carbons (Fsp3) is 0.500. The number of hydrogen-bond acceptors (Lipinski definition) is 4. The molecule has 1 N–H and O–H groups in total. The largest absolute Gasteiger partial charge is 0.353 e. The van der Waals surface area contributed by atoms with Crippen LogP contribution in [0, 0.1) is 0 Å². The molecule has 1 aromatic rings. The van der Waals surface area contributed by atoms with Crippen molar-refractivity contribution in [2.24, 2.45) is 5.10 Å². The standard InChI is InChI=1S/C18H25ClN4O2/c1-3-22(4-2)12-11-20-17(24)13-23-18(25)10-9-16(21-23)14-5-7-15(19)8-6-14/h5-8H,3-4,9-13H2,1-2H3,(H,20,24). The van der Waals surface area contributed by atoms with Crippen molar-refractivity contribution < 1.29 is 9.59 Å². The van der Waals surface area contributed by atoms with Gasteiger partial charge in [0.15, 0.2) is 0 Å². The molecule has 0 bridgehead atoms. The third kappa shape index (κ3) is 5.83. The predicted octanol–water partition coefficient (Wildman–Crippen LogP) is 2.12. The van der Waals surface area contributed by atoms with Crippen LogP contribution >= 0.6 is 11.6 Å². The van der Waals surface area contributed by atoms with Gasteiger partial charge in [0.1, 0.15) is 6.54 Å². The van der Waals surface area contributed by atoms with Crippen LogP contribution in [0.2, 0.25) is 5.02 Å². The Morgan fingerprint density at radius 3 is 2.56 bits per heavy atom. The summed E-state index contributed by atoms with van der Waals surface area (Å²) in [6, 6.07) is 7.33. The third-order valence-corrected chi connectivity index (χ3v) is 4.47. The Balaban J connectivity index is 1.92. The summed E-state index contributed by atoms with van der Waals surface area (Å²) in [5, 5.41) is 9.13. The van der Waals surface area contributed by atoms with Gasteiger partial charge < -0.3 is 10.2 Å². The first kappa shape index (κ1) is 19.4. The van der Waals surface area contributed by atoms with E-state index in [1.807, 2.05) is 12.1 Å². The molecule has 0 aromatic heterocycles. The smallest absolute Gasteiger partial charge is 0.243 e. The molecule has 1 heterocycles. The van der Waals surface area contributed by atoms with E-state index < -0.39 is 0 Å². The second-order valence-corrected chi connectivity index (χ2v) is 6.32. The minimum Gasteiger partial charge on any atom is -0.353 e. The molecule has 25 heavy (non-hydrogen) atoms. The number of nitrogens with zero attached hydrogens (tertiary/aromatic N) is 3. The fourth-order valence-electron chi connectivity index (χ4n) is 2.66. The van der Waals surface area contributed by atoms with Crippen LogP contribution in [0.25, 0.3) is 0 Å². The number of halogens is 1. The van der Waals surface area contributed by atoms with Gasteiger partial charge in [-0.05, 0) is 30.8 Å². The highest BCUT2D eigenvalue weighted by Crippen LogP contribution is 2.17. The molecule has 6 nitrogen and oxygen atoms in total. The number of hydrazone groups is 1. The van der Waals surface area contributed by atoms with Gasteiger partial charge in [0.2, 0.25) is 11.8 Å². The first-order valence-electron chi connectivity index (χ1n) is 8.66. The maximum Gasteiger partial charge on any atom is 0.243 e. The predicted molar refractivity (Wildman–Crippen MR) is 99.7 cm³/mol. The number of amides is 2. The quantitative estimate of drug-likeness (QED) is 0.768. The van der Waals surface area contributed by atoms with Crippen LogP contribution in [0.5, 0.6) is 0 Å². The Morgan fingerprint density at radius 2 is 1.92 bits per heavy atom. The van der Waals surface area contributed by atoms with Crippen LogP contribution in [-0.2, 0) is 9.59 Å². The number of hydrogen-bond donors (Lipinski definition) is 1. The maximum atomic E-state index is 12.1. The van der Waals surface area contributed by atoms with Gasteiger partial charge in [-0.2, -0.15) is 5.10 Å². The highest BCUT2D eigenvalue weighted by molar-refractivity contribution is 6.30. The Labute approximate surface area is 153 Å². The molecule has 1 aliphatic heterocycles. The molecule has 0 radical (unpaired) electrons. The average Bonchev–Trinajstić information content (AvgIpc) is 2.61. The van der Waals surface area contributed by atoms with Crippen molar-refractivity contribution >= 4 is 29.1 Å². The van der Waals surface area contributed by atoms with Gasteiger partial charge in [-0.15, -0.1) is 0 Å². The first-order chi connectivity index (χ1) is 12.0. The molecule has 1 aliphatic rings. The lowest BCUT2D eigenvalue weighted by Gasteiger charge is -2.23. The molecular weight excluding hydrogens is 340 g/mol. The monoisotopic (exact) mass is 364 g/mol. The van der Waals surface area contributed by atoms with E-state index >= 15 is 0 Å². The molecule has 2 amide bonds. The van der Waals surface area contributed by atoms with Crippen LogP contribution < -0.4 is 5.32 Å². The summed E-state index contributed by atoms with van der Waals surface area (Å²) in [6.45, 7) is 7.39. The van der Waals surface area contributed by atoms with Crippen molar-refractivity contribution in [3.05, 3.63) is 34.9 Å². The third-order valence-electron chi connectivity index (χ3n) is 4.22. The lowest BCUT2D eigenvalue weighted by atomic mass is 10.0. The lowest BCUT2D eigenvalue weighted by molar-refractivity contribution is -0.136. The lowest BCUT2D eigenvalue weighted by Crippen LogP contribution is -2.42. The highest BCUT2D eigenvalue weighted by Gasteiger charge is 2.23. The molecule has 0 aliphatic carbocycles. The van der Waals surface area contributed by atoms with Gasteiger partial charge in [0.05, 0.1) is 5.71 Å². The van der Waals surface area contributed by atoms with E-state index in [-0.39, 0.29) is 18.4 Å². The average molecular weight is 365 g/mol. The van der Waals surface area contributed by atoms with Crippen LogP contribution in [0.4, 0.5) is 0 Å². The zero-order chi connectivity index (χ0) is 18.2. The zero-order valence-electron chi connectivity index (χ0n) is 14.8. The normalized spacial score (nSPS) is 14.6. The number of benzene rings is 1. The number of rotatable bonds is 8. The summed E-state index contributed by atoms with van der Waals surface area (Å²) >= 11 is 5.90. The zero-order valence-corrected chi connectivity index (χ0v) is 15.6. The van der Waals surface area contributed by atoms with Gasteiger partial charge >= 0.3 is 0 Å². The van der Waals surface area contributed by atoms with E-state index in [1.54, 1.807) is 12.1 Å². The van der Waals surface area contributed by atoms with E-state index in [0.29, 0.717) is 24.4 Å². The number of carbonyl (C=O) groups is 2.